The third kappa shape index (κ3) is 3.73. The van der Waals surface area contributed by atoms with Gasteiger partial charge in [-0.25, -0.2) is 4.79 Å². The molecule has 2 N–H and O–H groups in total. The highest BCUT2D eigenvalue weighted by Crippen LogP contribution is 2.26. The van der Waals surface area contributed by atoms with Crippen molar-refractivity contribution < 1.29 is 24.2 Å². The third-order valence-corrected chi connectivity index (χ3v) is 4.15. The maximum atomic E-state index is 12.4. The van der Waals surface area contributed by atoms with Crippen molar-refractivity contribution in [3.8, 4) is 0 Å². The molecule has 24 heavy (non-hydrogen) atoms. The highest BCUT2D eigenvalue weighted by molar-refractivity contribution is 6.01. The van der Waals surface area contributed by atoms with Crippen LogP contribution in [0.2, 0.25) is 0 Å². The summed E-state index contributed by atoms with van der Waals surface area (Å²) in [5.74, 6) is -2.38. The molecule has 1 aromatic rings. The number of carboxylic acids is 1. The number of carbonyl (C=O) groups is 3. The van der Waals surface area contributed by atoms with Crippen LogP contribution in [-0.4, -0.2) is 48.7 Å². The van der Waals surface area contributed by atoms with E-state index in [2.05, 4.69) is 5.32 Å². The third-order valence-electron chi connectivity index (χ3n) is 4.15. The highest BCUT2D eigenvalue weighted by Gasteiger charge is 2.40. The first-order valence-corrected chi connectivity index (χ1v) is 7.68. The molecule has 1 heterocycles. The molecule has 1 fully saturated rings. The Morgan fingerprint density at radius 3 is 2.54 bits per heavy atom. The molecule has 0 radical (unpaired) electrons. The van der Waals surface area contributed by atoms with Crippen LogP contribution >= 0.6 is 0 Å². The number of ether oxygens (including phenoxy) is 1. The van der Waals surface area contributed by atoms with E-state index < -0.39 is 23.3 Å². The minimum Gasteiger partial charge on any atom is -0.479 e. The van der Waals surface area contributed by atoms with Gasteiger partial charge in [-0.05, 0) is 26.0 Å². The van der Waals surface area contributed by atoms with Gasteiger partial charge < -0.3 is 20.1 Å². The van der Waals surface area contributed by atoms with Crippen LogP contribution in [0.5, 0.6) is 0 Å². The number of carboxylic acid groups (broad SMARTS) is 1. The van der Waals surface area contributed by atoms with Gasteiger partial charge in [-0.3, -0.25) is 9.59 Å². The summed E-state index contributed by atoms with van der Waals surface area (Å²) in [6, 6.07) is 7.46. The van der Waals surface area contributed by atoms with Crippen LogP contribution in [0.1, 0.15) is 18.9 Å². The fourth-order valence-corrected chi connectivity index (χ4v) is 2.67. The van der Waals surface area contributed by atoms with E-state index in [9.17, 15) is 19.5 Å². The van der Waals surface area contributed by atoms with Crippen molar-refractivity contribution in [1.82, 2.24) is 5.32 Å². The Hall–Kier alpha value is -2.41. The van der Waals surface area contributed by atoms with Crippen LogP contribution < -0.4 is 10.2 Å². The SMILES string of the molecule is COCC(C)(NC(=O)C1CC(=O)N(c2ccc(C)cc2)C1)C(=O)O. The number of aliphatic carboxylic acids is 1. The zero-order chi connectivity index (χ0) is 17.9. The fraction of sp³-hybridized carbons (Fsp3) is 0.471. The second kappa shape index (κ2) is 7.00. The number of nitrogens with one attached hydrogen (secondary N) is 1. The topological polar surface area (TPSA) is 95.9 Å². The van der Waals surface area contributed by atoms with Crippen LogP contribution in [0.3, 0.4) is 0 Å². The lowest BCUT2D eigenvalue weighted by molar-refractivity contribution is -0.149. The van der Waals surface area contributed by atoms with Gasteiger partial charge in [0.1, 0.15) is 0 Å². The van der Waals surface area contributed by atoms with Gasteiger partial charge in [-0.15, -0.1) is 0 Å². The van der Waals surface area contributed by atoms with Crippen LogP contribution in [0.25, 0.3) is 0 Å². The van der Waals surface area contributed by atoms with E-state index in [0.29, 0.717) is 0 Å². The van der Waals surface area contributed by atoms with Crippen molar-refractivity contribution in [1.29, 1.82) is 0 Å². The molecule has 2 amide bonds. The first kappa shape index (κ1) is 17.9. The zero-order valence-corrected chi connectivity index (χ0v) is 14.0. The molecule has 1 aromatic carbocycles. The average Bonchev–Trinajstić information content (AvgIpc) is 2.90. The predicted molar refractivity (Wildman–Crippen MR) is 87.7 cm³/mol. The van der Waals surface area contributed by atoms with E-state index in [1.54, 1.807) is 4.90 Å². The van der Waals surface area contributed by atoms with Crippen molar-refractivity contribution in [2.24, 2.45) is 5.92 Å². The van der Waals surface area contributed by atoms with E-state index in [1.165, 1.54) is 14.0 Å². The van der Waals surface area contributed by atoms with Crippen molar-refractivity contribution >= 4 is 23.5 Å². The summed E-state index contributed by atoms with van der Waals surface area (Å²) < 4.78 is 4.88. The Labute approximate surface area is 140 Å². The number of hydrogen-bond donors (Lipinski definition) is 2. The summed E-state index contributed by atoms with van der Waals surface area (Å²) in [7, 11) is 1.37. The second-order valence-electron chi connectivity index (χ2n) is 6.30. The van der Waals surface area contributed by atoms with Crippen molar-refractivity contribution in [2.45, 2.75) is 25.8 Å². The molecule has 2 unspecified atom stereocenters. The average molecular weight is 334 g/mol. The monoisotopic (exact) mass is 334 g/mol. The Bertz CT molecular complexity index is 643. The molecular weight excluding hydrogens is 312 g/mol. The lowest BCUT2D eigenvalue weighted by Crippen LogP contribution is -2.56. The first-order chi connectivity index (χ1) is 11.3. The van der Waals surface area contributed by atoms with Gasteiger partial charge in [0.2, 0.25) is 11.8 Å². The van der Waals surface area contributed by atoms with Gasteiger partial charge in [-0.1, -0.05) is 17.7 Å². The van der Waals surface area contributed by atoms with Crippen molar-refractivity contribution in [3.63, 3.8) is 0 Å². The molecule has 130 valence electrons. The molecule has 0 aromatic heterocycles. The number of hydrogen-bond acceptors (Lipinski definition) is 4. The molecule has 0 bridgehead atoms. The Kier molecular flexibility index (Phi) is 5.23. The van der Waals surface area contributed by atoms with E-state index in [0.717, 1.165) is 11.3 Å². The number of benzene rings is 1. The molecule has 0 aliphatic carbocycles. The summed E-state index contributed by atoms with van der Waals surface area (Å²) in [5.41, 5.74) is 0.293. The minimum absolute atomic E-state index is 0.0579. The standard InChI is InChI=1S/C17H22N2O5/c1-11-4-6-13(7-5-11)19-9-12(8-14(19)20)15(21)18-17(2,10-24-3)16(22)23/h4-7,12H,8-10H2,1-3H3,(H,18,21)(H,22,23). The molecule has 0 saturated carbocycles. The Balaban J connectivity index is 2.08. The second-order valence-corrected chi connectivity index (χ2v) is 6.30. The summed E-state index contributed by atoms with van der Waals surface area (Å²) in [6.07, 6.45) is 0.0579. The largest absolute Gasteiger partial charge is 0.479 e. The van der Waals surface area contributed by atoms with Crippen molar-refractivity contribution in [2.75, 3.05) is 25.2 Å². The number of methoxy groups -OCH3 is 1. The Morgan fingerprint density at radius 1 is 1.38 bits per heavy atom. The van der Waals surface area contributed by atoms with Gasteiger partial charge in [0.05, 0.1) is 12.5 Å². The maximum absolute atomic E-state index is 12.4. The number of nitrogens with zero attached hydrogens (tertiary/aromatic N) is 1. The maximum Gasteiger partial charge on any atom is 0.331 e. The lowest BCUT2D eigenvalue weighted by Gasteiger charge is -2.26. The molecule has 2 atom stereocenters. The van der Waals surface area contributed by atoms with Gasteiger partial charge in [0, 0.05) is 25.8 Å². The van der Waals surface area contributed by atoms with Crippen LogP contribution in [-0.2, 0) is 19.1 Å². The van der Waals surface area contributed by atoms with E-state index in [1.807, 2.05) is 31.2 Å². The van der Waals surface area contributed by atoms with E-state index in [4.69, 9.17) is 4.74 Å². The fourth-order valence-electron chi connectivity index (χ4n) is 2.67. The Morgan fingerprint density at radius 2 is 2.00 bits per heavy atom. The molecule has 1 aliphatic rings. The summed E-state index contributed by atoms with van der Waals surface area (Å²) >= 11 is 0. The predicted octanol–water partition coefficient (Wildman–Crippen LogP) is 0.954. The van der Waals surface area contributed by atoms with Gasteiger partial charge in [0.15, 0.2) is 5.54 Å². The van der Waals surface area contributed by atoms with Gasteiger partial charge >= 0.3 is 5.97 Å². The van der Waals surface area contributed by atoms with E-state index in [-0.39, 0.29) is 25.5 Å². The first-order valence-electron chi connectivity index (χ1n) is 7.68. The summed E-state index contributed by atoms with van der Waals surface area (Å²) in [5, 5.41) is 11.8. The molecule has 1 saturated heterocycles. The molecule has 0 spiro atoms. The number of carbonyl (C=O) groups excluding carboxylic acids is 2. The van der Waals surface area contributed by atoms with Gasteiger partial charge in [0.25, 0.3) is 0 Å². The molecule has 2 rings (SSSR count). The normalized spacial score (nSPS) is 19.9. The summed E-state index contributed by atoms with van der Waals surface area (Å²) in [6.45, 7) is 3.41. The van der Waals surface area contributed by atoms with Crippen LogP contribution in [0.15, 0.2) is 24.3 Å². The zero-order valence-electron chi connectivity index (χ0n) is 14.0. The molecule has 7 nitrogen and oxygen atoms in total. The van der Waals surface area contributed by atoms with Crippen molar-refractivity contribution in [3.05, 3.63) is 29.8 Å². The molecular formula is C17H22N2O5. The number of anilines is 1. The van der Waals surface area contributed by atoms with Crippen LogP contribution in [0.4, 0.5) is 5.69 Å². The highest BCUT2D eigenvalue weighted by atomic mass is 16.5. The molecule has 1 aliphatic heterocycles. The number of amides is 2. The lowest BCUT2D eigenvalue weighted by atomic mass is 10.0. The smallest absolute Gasteiger partial charge is 0.331 e. The summed E-state index contributed by atoms with van der Waals surface area (Å²) in [4.78, 5) is 37.5. The van der Waals surface area contributed by atoms with E-state index >= 15 is 0 Å². The number of aryl methyl sites for hydroxylation is 1. The number of rotatable bonds is 6. The quantitative estimate of drug-likeness (QED) is 0.808. The molecule has 7 heteroatoms. The minimum atomic E-state index is -1.52. The van der Waals surface area contributed by atoms with Crippen LogP contribution in [0, 0.1) is 12.8 Å². The van der Waals surface area contributed by atoms with Gasteiger partial charge in [-0.2, -0.15) is 0 Å².